The molecule has 0 unspecified atom stereocenters. The van der Waals surface area contributed by atoms with Gasteiger partial charge >= 0.3 is 0 Å². The first-order valence-electron chi connectivity index (χ1n) is 10.5. The van der Waals surface area contributed by atoms with Crippen LogP contribution in [0.2, 0.25) is 0 Å². The van der Waals surface area contributed by atoms with E-state index in [1.54, 1.807) is 11.3 Å². The largest absolute Gasteiger partial charge is 0.333 e. The standard InChI is InChI=1S/C26H24N2OS/c29-25(18-21(19-10-3-1-4-11-19)20-12-5-2-6-13-20)28-17-9-15-23(28)26-27-22-14-7-8-16-24(22)30-26/h1-8,10-14,16,21,23H,9,15,17-18H2/t23-/m1/s1. The average molecular weight is 413 g/mol. The second-order valence-electron chi connectivity index (χ2n) is 7.84. The molecule has 1 aromatic heterocycles. The van der Waals surface area contributed by atoms with Gasteiger partial charge in [0, 0.05) is 18.9 Å². The van der Waals surface area contributed by atoms with Crippen molar-refractivity contribution < 1.29 is 4.79 Å². The van der Waals surface area contributed by atoms with Crippen LogP contribution in [0.5, 0.6) is 0 Å². The maximum Gasteiger partial charge on any atom is 0.224 e. The number of benzene rings is 3. The van der Waals surface area contributed by atoms with Gasteiger partial charge in [0.25, 0.3) is 0 Å². The minimum Gasteiger partial charge on any atom is -0.333 e. The maximum atomic E-state index is 13.5. The van der Waals surface area contributed by atoms with Gasteiger partial charge in [-0.25, -0.2) is 4.98 Å². The van der Waals surface area contributed by atoms with Crippen molar-refractivity contribution in [2.24, 2.45) is 0 Å². The van der Waals surface area contributed by atoms with Gasteiger partial charge in [-0.05, 0) is 36.1 Å². The van der Waals surface area contributed by atoms with Crippen LogP contribution in [0.25, 0.3) is 10.2 Å². The first-order valence-corrected chi connectivity index (χ1v) is 11.4. The average Bonchev–Trinajstić information content (AvgIpc) is 3.45. The van der Waals surface area contributed by atoms with Gasteiger partial charge in [0.1, 0.15) is 5.01 Å². The molecule has 0 N–H and O–H groups in total. The molecule has 3 aromatic carbocycles. The van der Waals surface area contributed by atoms with Gasteiger partial charge in [-0.15, -0.1) is 11.3 Å². The van der Waals surface area contributed by atoms with Gasteiger partial charge in [0.2, 0.25) is 5.91 Å². The van der Waals surface area contributed by atoms with E-state index in [0.29, 0.717) is 6.42 Å². The number of fused-ring (bicyclic) bond motifs is 1. The van der Waals surface area contributed by atoms with E-state index in [4.69, 9.17) is 4.98 Å². The number of para-hydroxylation sites is 1. The SMILES string of the molecule is O=C(CC(c1ccccc1)c1ccccc1)N1CCC[C@@H]1c1nc2ccccc2s1. The highest BCUT2D eigenvalue weighted by Crippen LogP contribution is 2.38. The minimum atomic E-state index is 0.0662. The summed E-state index contributed by atoms with van der Waals surface area (Å²) < 4.78 is 1.19. The highest BCUT2D eigenvalue weighted by Gasteiger charge is 2.33. The summed E-state index contributed by atoms with van der Waals surface area (Å²) in [4.78, 5) is 20.4. The topological polar surface area (TPSA) is 33.2 Å². The molecular formula is C26H24N2OS. The van der Waals surface area contributed by atoms with Gasteiger partial charge in [-0.2, -0.15) is 0 Å². The fraction of sp³-hybridized carbons (Fsp3) is 0.231. The Kier molecular flexibility index (Phi) is 5.33. The number of likely N-dealkylation sites (tertiary alicyclic amines) is 1. The van der Waals surface area contributed by atoms with Gasteiger partial charge in [-0.1, -0.05) is 72.8 Å². The normalized spacial score (nSPS) is 16.4. The molecular weight excluding hydrogens is 388 g/mol. The molecule has 2 heterocycles. The van der Waals surface area contributed by atoms with Crippen molar-refractivity contribution >= 4 is 27.5 Å². The number of nitrogens with zero attached hydrogens (tertiary/aromatic N) is 2. The summed E-state index contributed by atoms with van der Waals surface area (Å²) in [6.45, 7) is 0.815. The first-order chi connectivity index (χ1) is 14.8. The number of hydrogen-bond acceptors (Lipinski definition) is 3. The quantitative estimate of drug-likeness (QED) is 0.392. The summed E-state index contributed by atoms with van der Waals surface area (Å²) in [7, 11) is 0. The van der Waals surface area contributed by atoms with Crippen LogP contribution in [0.1, 0.15) is 47.4 Å². The van der Waals surface area contributed by atoms with Crippen LogP contribution in [0.3, 0.4) is 0 Å². The minimum absolute atomic E-state index is 0.0662. The van der Waals surface area contributed by atoms with Gasteiger partial charge in [0.15, 0.2) is 0 Å². The number of hydrogen-bond donors (Lipinski definition) is 0. The van der Waals surface area contributed by atoms with Crippen LogP contribution in [0.15, 0.2) is 84.9 Å². The smallest absolute Gasteiger partial charge is 0.224 e. The molecule has 0 bridgehead atoms. The van der Waals surface area contributed by atoms with E-state index in [1.165, 1.54) is 15.8 Å². The summed E-state index contributed by atoms with van der Waals surface area (Å²) >= 11 is 1.72. The Bertz CT molecular complexity index is 1070. The highest BCUT2D eigenvalue weighted by molar-refractivity contribution is 7.18. The molecule has 1 fully saturated rings. The van der Waals surface area contributed by atoms with Gasteiger partial charge in [-0.3, -0.25) is 4.79 Å². The molecule has 1 atom stereocenters. The predicted octanol–water partition coefficient (Wildman–Crippen LogP) is 6.18. The molecule has 4 aromatic rings. The fourth-order valence-electron chi connectivity index (χ4n) is 4.45. The second-order valence-corrected chi connectivity index (χ2v) is 8.91. The van der Waals surface area contributed by atoms with Crippen molar-refractivity contribution in [1.82, 2.24) is 9.88 Å². The molecule has 1 amide bonds. The lowest BCUT2D eigenvalue weighted by Crippen LogP contribution is -2.31. The van der Waals surface area contributed by atoms with E-state index >= 15 is 0 Å². The summed E-state index contributed by atoms with van der Waals surface area (Å²) in [6, 6.07) is 29.1. The van der Waals surface area contributed by atoms with Crippen molar-refractivity contribution in [1.29, 1.82) is 0 Å². The Labute approximate surface area is 181 Å². The summed E-state index contributed by atoms with van der Waals surface area (Å²) in [6.07, 6.45) is 2.51. The molecule has 0 radical (unpaired) electrons. The van der Waals surface area contributed by atoms with Crippen molar-refractivity contribution in [3.05, 3.63) is 101 Å². The second kappa shape index (κ2) is 8.41. The summed E-state index contributed by atoms with van der Waals surface area (Å²) in [5.41, 5.74) is 3.41. The molecule has 0 spiro atoms. The van der Waals surface area contributed by atoms with E-state index in [2.05, 4.69) is 65.6 Å². The molecule has 0 saturated carbocycles. The Morgan fingerprint density at radius 3 is 2.23 bits per heavy atom. The zero-order chi connectivity index (χ0) is 20.3. The zero-order valence-corrected chi connectivity index (χ0v) is 17.6. The fourth-order valence-corrected chi connectivity index (χ4v) is 5.56. The monoisotopic (exact) mass is 412 g/mol. The number of amides is 1. The van der Waals surface area contributed by atoms with Gasteiger partial charge in [0.05, 0.1) is 16.3 Å². The lowest BCUT2D eigenvalue weighted by atomic mass is 9.88. The molecule has 4 heteroatoms. The summed E-state index contributed by atoms with van der Waals surface area (Å²) in [5, 5.41) is 1.07. The Morgan fingerprint density at radius 1 is 0.933 bits per heavy atom. The third-order valence-electron chi connectivity index (χ3n) is 5.95. The summed E-state index contributed by atoms with van der Waals surface area (Å²) in [5.74, 6) is 0.283. The Hall–Kier alpha value is -2.98. The van der Waals surface area contributed by atoms with E-state index in [1.807, 2.05) is 24.3 Å². The molecule has 30 heavy (non-hydrogen) atoms. The van der Waals surface area contributed by atoms with Crippen LogP contribution in [-0.2, 0) is 4.79 Å². The number of aromatic nitrogens is 1. The molecule has 1 aliphatic rings. The van der Waals surface area contributed by atoms with Crippen molar-refractivity contribution in [2.45, 2.75) is 31.2 Å². The molecule has 1 saturated heterocycles. The van der Waals surface area contributed by atoms with E-state index in [9.17, 15) is 4.79 Å². The Balaban J connectivity index is 1.42. The number of carbonyl (C=O) groups is 1. The van der Waals surface area contributed by atoms with Crippen LogP contribution >= 0.6 is 11.3 Å². The van der Waals surface area contributed by atoms with Crippen molar-refractivity contribution in [3.8, 4) is 0 Å². The first kappa shape index (κ1) is 19.0. The maximum absolute atomic E-state index is 13.5. The lowest BCUT2D eigenvalue weighted by Gasteiger charge is -2.26. The number of rotatable bonds is 5. The third kappa shape index (κ3) is 3.75. The third-order valence-corrected chi connectivity index (χ3v) is 7.09. The van der Waals surface area contributed by atoms with Crippen molar-refractivity contribution in [3.63, 3.8) is 0 Å². The Morgan fingerprint density at radius 2 is 1.57 bits per heavy atom. The van der Waals surface area contributed by atoms with Gasteiger partial charge < -0.3 is 4.90 Å². The highest BCUT2D eigenvalue weighted by atomic mass is 32.1. The molecule has 150 valence electrons. The number of carbonyl (C=O) groups excluding carboxylic acids is 1. The van der Waals surface area contributed by atoms with E-state index < -0.39 is 0 Å². The van der Waals surface area contributed by atoms with Crippen LogP contribution in [0, 0.1) is 0 Å². The van der Waals surface area contributed by atoms with Crippen LogP contribution in [0.4, 0.5) is 0 Å². The number of thiazole rings is 1. The molecule has 0 aliphatic carbocycles. The predicted molar refractivity (Wildman–Crippen MR) is 123 cm³/mol. The van der Waals surface area contributed by atoms with Crippen LogP contribution in [-0.4, -0.2) is 22.3 Å². The van der Waals surface area contributed by atoms with E-state index in [-0.39, 0.29) is 17.9 Å². The lowest BCUT2D eigenvalue weighted by molar-refractivity contribution is -0.132. The van der Waals surface area contributed by atoms with E-state index in [0.717, 1.165) is 29.9 Å². The molecule has 3 nitrogen and oxygen atoms in total. The molecule has 5 rings (SSSR count). The zero-order valence-electron chi connectivity index (χ0n) is 16.8. The van der Waals surface area contributed by atoms with Crippen molar-refractivity contribution in [2.75, 3.05) is 6.54 Å². The molecule has 1 aliphatic heterocycles. The van der Waals surface area contributed by atoms with Crippen LogP contribution < -0.4 is 0 Å².